The molecule has 3 amide bonds. The number of piperidine rings is 1. The molecule has 182 valence electrons. The van der Waals surface area contributed by atoms with E-state index in [1.807, 2.05) is 6.92 Å². The molecule has 0 aromatic heterocycles. The van der Waals surface area contributed by atoms with Crippen LogP contribution in [0.4, 0.5) is 10.5 Å². The molecule has 3 N–H and O–H groups in total. The van der Waals surface area contributed by atoms with Crippen LogP contribution in [0.25, 0.3) is 0 Å². The van der Waals surface area contributed by atoms with E-state index in [4.69, 9.17) is 4.74 Å². The van der Waals surface area contributed by atoms with E-state index >= 15 is 0 Å². The average molecular weight is 489 g/mol. The molecular formula is C23H28N4O6S. The number of hydrogen-bond acceptors (Lipinski definition) is 6. The minimum Gasteiger partial charge on any atom is -0.450 e. The second-order valence-electron chi connectivity index (χ2n) is 7.88. The lowest BCUT2D eigenvalue weighted by atomic mass is 9.99. The molecule has 1 atom stereocenters. The number of aryl methyl sites for hydroxylation is 1. The number of carbonyl (C=O) groups excluding carboxylic acids is 3. The molecule has 10 nitrogen and oxygen atoms in total. The third-order valence-electron chi connectivity index (χ3n) is 5.36. The largest absolute Gasteiger partial charge is 0.450 e. The van der Waals surface area contributed by atoms with Crippen molar-refractivity contribution in [3.63, 3.8) is 0 Å². The lowest BCUT2D eigenvalue weighted by Gasteiger charge is -2.31. The minimum atomic E-state index is -3.72. The zero-order chi connectivity index (χ0) is 24.7. The highest BCUT2D eigenvalue weighted by atomic mass is 32.2. The first-order valence-electron chi connectivity index (χ1n) is 10.9. The molecule has 1 fully saturated rings. The van der Waals surface area contributed by atoms with Gasteiger partial charge in [0.15, 0.2) is 0 Å². The van der Waals surface area contributed by atoms with Gasteiger partial charge in [-0.1, -0.05) is 23.8 Å². The van der Waals surface area contributed by atoms with Crippen LogP contribution in [0.1, 0.15) is 35.7 Å². The van der Waals surface area contributed by atoms with Gasteiger partial charge in [0.2, 0.25) is 15.9 Å². The number of hydrazine groups is 1. The summed E-state index contributed by atoms with van der Waals surface area (Å²) in [7, 11) is -3.72. The van der Waals surface area contributed by atoms with E-state index in [0.717, 1.165) is 5.56 Å². The van der Waals surface area contributed by atoms with E-state index in [-0.39, 0.29) is 23.6 Å². The fourth-order valence-corrected chi connectivity index (χ4v) is 5.07. The summed E-state index contributed by atoms with van der Waals surface area (Å²) in [5.41, 5.74) is 6.25. The average Bonchev–Trinajstić information content (AvgIpc) is 2.83. The van der Waals surface area contributed by atoms with Crippen LogP contribution >= 0.6 is 0 Å². The molecule has 2 aromatic rings. The lowest BCUT2D eigenvalue weighted by molar-refractivity contribution is -0.126. The highest BCUT2D eigenvalue weighted by Crippen LogP contribution is 2.24. The van der Waals surface area contributed by atoms with Gasteiger partial charge in [0.1, 0.15) is 0 Å². The molecule has 2 aromatic carbocycles. The Balaban J connectivity index is 1.58. The molecule has 0 unspecified atom stereocenters. The van der Waals surface area contributed by atoms with E-state index < -0.39 is 33.8 Å². The summed E-state index contributed by atoms with van der Waals surface area (Å²) in [6, 6.07) is 12.7. The first-order chi connectivity index (χ1) is 16.2. The van der Waals surface area contributed by atoms with Crippen molar-refractivity contribution in [2.24, 2.45) is 5.92 Å². The number of ether oxygens (including phenoxy) is 1. The number of benzene rings is 2. The van der Waals surface area contributed by atoms with Crippen molar-refractivity contribution in [3.8, 4) is 0 Å². The van der Waals surface area contributed by atoms with Gasteiger partial charge in [0.25, 0.3) is 5.91 Å². The van der Waals surface area contributed by atoms with Crippen LogP contribution in [-0.4, -0.2) is 50.3 Å². The van der Waals surface area contributed by atoms with Gasteiger partial charge in [-0.25, -0.2) is 13.2 Å². The Kier molecular flexibility index (Phi) is 8.24. The molecule has 3 rings (SSSR count). The Bertz CT molecular complexity index is 1150. The van der Waals surface area contributed by atoms with Gasteiger partial charge in [-0.3, -0.25) is 25.8 Å². The molecule has 0 radical (unpaired) electrons. The number of hydrogen-bond donors (Lipinski definition) is 3. The molecule has 1 aliphatic heterocycles. The Morgan fingerprint density at radius 1 is 1.09 bits per heavy atom. The molecule has 1 aliphatic rings. The zero-order valence-electron chi connectivity index (χ0n) is 19.0. The molecular weight excluding hydrogens is 460 g/mol. The SMILES string of the molecule is CCOC(=O)Nc1cccc(C(=O)NNC(=O)[C@H]2CCCN(S(=O)(=O)c3ccc(C)cc3)C2)c1. The molecule has 1 saturated heterocycles. The van der Waals surface area contributed by atoms with Crippen molar-refractivity contribution in [1.82, 2.24) is 15.2 Å². The Morgan fingerprint density at radius 2 is 1.82 bits per heavy atom. The number of nitrogens with one attached hydrogen (secondary N) is 3. The van der Waals surface area contributed by atoms with E-state index in [2.05, 4.69) is 16.2 Å². The first kappa shape index (κ1) is 25.2. The van der Waals surface area contributed by atoms with Crippen molar-refractivity contribution in [3.05, 3.63) is 59.7 Å². The fraction of sp³-hybridized carbons (Fsp3) is 0.348. The van der Waals surface area contributed by atoms with E-state index in [0.29, 0.717) is 25.1 Å². The van der Waals surface area contributed by atoms with Crippen molar-refractivity contribution < 1.29 is 27.5 Å². The number of carbonyl (C=O) groups is 3. The van der Waals surface area contributed by atoms with Gasteiger partial charge in [0, 0.05) is 24.3 Å². The van der Waals surface area contributed by atoms with Crippen molar-refractivity contribution in [2.75, 3.05) is 25.0 Å². The summed E-state index contributed by atoms with van der Waals surface area (Å²) in [4.78, 5) is 36.8. The fourth-order valence-electron chi connectivity index (χ4n) is 3.55. The minimum absolute atomic E-state index is 0.0247. The van der Waals surface area contributed by atoms with Gasteiger partial charge in [-0.2, -0.15) is 4.31 Å². The molecule has 0 bridgehead atoms. The standard InChI is InChI=1S/C23H28N4O6S/c1-3-33-23(30)24-19-8-4-6-17(14-19)21(28)25-26-22(29)18-7-5-13-27(15-18)34(31,32)20-11-9-16(2)10-12-20/h4,6,8-12,14,18H,3,5,7,13,15H2,1-2H3,(H,24,30)(H,25,28)(H,26,29)/t18-/m0/s1. The van der Waals surface area contributed by atoms with Crippen molar-refractivity contribution >= 4 is 33.6 Å². The van der Waals surface area contributed by atoms with Crippen molar-refractivity contribution in [2.45, 2.75) is 31.6 Å². The van der Waals surface area contributed by atoms with Gasteiger partial charge in [0.05, 0.1) is 17.4 Å². The van der Waals surface area contributed by atoms with Gasteiger partial charge >= 0.3 is 6.09 Å². The first-order valence-corrected chi connectivity index (χ1v) is 12.4. The highest BCUT2D eigenvalue weighted by molar-refractivity contribution is 7.89. The van der Waals surface area contributed by atoms with Gasteiger partial charge in [-0.05, 0) is 57.0 Å². The van der Waals surface area contributed by atoms with Crippen LogP contribution < -0.4 is 16.2 Å². The maximum absolute atomic E-state index is 13.0. The zero-order valence-corrected chi connectivity index (χ0v) is 19.9. The smallest absolute Gasteiger partial charge is 0.411 e. The quantitative estimate of drug-likeness (QED) is 0.535. The van der Waals surface area contributed by atoms with Gasteiger partial charge < -0.3 is 4.74 Å². The van der Waals surface area contributed by atoms with Crippen LogP contribution in [0.3, 0.4) is 0 Å². The molecule has 0 spiro atoms. The summed E-state index contributed by atoms with van der Waals surface area (Å²) in [5, 5.41) is 2.50. The molecule has 34 heavy (non-hydrogen) atoms. The molecule has 11 heteroatoms. The monoisotopic (exact) mass is 488 g/mol. The van der Waals surface area contributed by atoms with Gasteiger partial charge in [-0.15, -0.1) is 0 Å². The lowest BCUT2D eigenvalue weighted by Crippen LogP contribution is -2.50. The van der Waals surface area contributed by atoms with Crippen LogP contribution in [0, 0.1) is 12.8 Å². The third kappa shape index (κ3) is 6.33. The van der Waals surface area contributed by atoms with E-state index in [1.165, 1.54) is 16.4 Å². The summed E-state index contributed by atoms with van der Waals surface area (Å²) in [6.45, 7) is 4.11. The number of rotatable bonds is 6. The summed E-state index contributed by atoms with van der Waals surface area (Å²) in [6.07, 6.45) is 0.384. The summed E-state index contributed by atoms with van der Waals surface area (Å²) < 4.78 is 32.0. The van der Waals surface area contributed by atoms with Crippen molar-refractivity contribution in [1.29, 1.82) is 0 Å². The maximum Gasteiger partial charge on any atom is 0.411 e. The number of anilines is 1. The van der Waals surface area contributed by atoms with Crippen LogP contribution in [0.15, 0.2) is 53.4 Å². The second-order valence-corrected chi connectivity index (χ2v) is 9.82. The molecule has 1 heterocycles. The predicted molar refractivity (Wildman–Crippen MR) is 125 cm³/mol. The van der Waals surface area contributed by atoms with Crippen LogP contribution in [-0.2, 0) is 19.6 Å². The number of amides is 3. The molecule has 0 aliphatic carbocycles. The van der Waals surface area contributed by atoms with Crippen LogP contribution in [0.5, 0.6) is 0 Å². The summed E-state index contributed by atoms with van der Waals surface area (Å²) in [5.74, 6) is -1.66. The van der Waals surface area contributed by atoms with Crippen LogP contribution in [0.2, 0.25) is 0 Å². The normalized spacial score (nSPS) is 16.4. The number of nitrogens with zero attached hydrogens (tertiary/aromatic N) is 1. The topological polar surface area (TPSA) is 134 Å². The highest BCUT2D eigenvalue weighted by Gasteiger charge is 2.33. The third-order valence-corrected chi connectivity index (χ3v) is 7.24. The Morgan fingerprint density at radius 3 is 2.53 bits per heavy atom. The predicted octanol–water partition coefficient (Wildman–Crippen LogP) is 2.43. The Labute approximate surface area is 198 Å². The second kappa shape index (κ2) is 11.1. The molecule has 0 saturated carbocycles. The maximum atomic E-state index is 13.0. The summed E-state index contributed by atoms with van der Waals surface area (Å²) >= 11 is 0. The van der Waals surface area contributed by atoms with E-state index in [1.54, 1.807) is 43.3 Å². The number of sulfonamides is 1. The van der Waals surface area contributed by atoms with E-state index in [9.17, 15) is 22.8 Å². The Hall–Kier alpha value is -3.44.